The molecule has 1 saturated heterocycles. The van der Waals surface area contributed by atoms with Gasteiger partial charge in [0.25, 0.3) is 5.56 Å². The van der Waals surface area contributed by atoms with Gasteiger partial charge < -0.3 is 15.0 Å². The summed E-state index contributed by atoms with van der Waals surface area (Å²) in [6, 6.07) is 0.624. The number of nitrogens with one attached hydrogen (secondary N) is 2. The quantitative estimate of drug-likeness (QED) is 0.397. The third kappa shape index (κ3) is 6.52. The van der Waals surface area contributed by atoms with Crippen LogP contribution in [-0.2, 0) is 17.1 Å². The lowest BCUT2D eigenvalue weighted by molar-refractivity contribution is -0.139. The fraction of sp³-hybridized carbons (Fsp3) is 0.364. The Hall–Kier alpha value is -4.15. The summed E-state index contributed by atoms with van der Waals surface area (Å²) in [5.74, 6) is -0.246. The van der Waals surface area contributed by atoms with E-state index in [4.69, 9.17) is 16.3 Å². The molecule has 1 unspecified atom stereocenters. The highest BCUT2D eigenvalue weighted by Crippen LogP contribution is 2.33. The van der Waals surface area contributed by atoms with E-state index in [1.165, 1.54) is 29.0 Å². The van der Waals surface area contributed by atoms with E-state index in [-0.39, 0.29) is 48.8 Å². The van der Waals surface area contributed by atoms with Gasteiger partial charge in [-0.3, -0.25) is 14.5 Å². The van der Waals surface area contributed by atoms with E-state index >= 15 is 0 Å². The molecule has 40 heavy (non-hydrogen) atoms. The van der Waals surface area contributed by atoms with Gasteiger partial charge in [0.15, 0.2) is 0 Å². The maximum absolute atomic E-state index is 13.3. The van der Waals surface area contributed by atoms with Crippen molar-refractivity contribution in [2.45, 2.75) is 25.3 Å². The van der Waals surface area contributed by atoms with Gasteiger partial charge in [0.05, 0.1) is 29.7 Å². The van der Waals surface area contributed by atoms with Gasteiger partial charge in [-0.15, -0.1) is 0 Å². The first kappa shape index (κ1) is 28.8. The van der Waals surface area contributed by atoms with Crippen LogP contribution in [0.5, 0.6) is 5.75 Å². The lowest BCUT2D eigenvalue weighted by Gasteiger charge is -2.33. The Labute approximate surface area is 226 Å². The average Bonchev–Trinajstić information content (AvgIpc) is 2.87. The Bertz CT molecular complexity index is 1430. The third-order valence-corrected chi connectivity index (χ3v) is 5.87. The summed E-state index contributed by atoms with van der Waals surface area (Å²) in [6.07, 6.45) is -6.18. The van der Waals surface area contributed by atoms with Gasteiger partial charge in [-0.05, 0) is 6.92 Å². The number of hydrogen-bond acceptors (Lipinski definition) is 9. The van der Waals surface area contributed by atoms with Crippen molar-refractivity contribution in [2.24, 2.45) is 0 Å². The molecular formula is C22H19ClF6N8O3. The third-order valence-electron chi connectivity index (χ3n) is 5.58. The van der Waals surface area contributed by atoms with Crippen LogP contribution in [0.1, 0.15) is 18.1 Å². The normalized spacial score (nSPS) is 15.2. The maximum atomic E-state index is 13.3. The van der Waals surface area contributed by atoms with Crippen molar-refractivity contribution >= 4 is 35.0 Å². The number of amides is 1. The Balaban J connectivity index is 1.40. The van der Waals surface area contributed by atoms with Crippen LogP contribution < -0.4 is 25.4 Å². The summed E-state index contributed by atoms with van der Waals surface area (Å²) in [5, 5.41) is 7.73. The van der Waals surface area contributed by atoms with Crippen LogP contribution in [0.3, 0.4) is 0 Å². The number of piperazine rings is 1. The standard InChI is InChI=1S/C22H19ClF6N8O3/c1-11(34-14-8-33-35-19(39)18(14)22(27,28)29)10-40-15-4-16(30-7-13(15)23)37-3-2-36(9-17(37)38)20-31-5-12(6-32-20)21(24,25)26/h4-8,11H,2-3,9-10H2,1H3,(H2,34,35,39). The summed E-state index contributed by atoms with van der Waals surface area (Å²) >= 11 is 6.15. The molecule has 3 aromatic rings. The van der Waals surface area contributed by atoms with Crippen LogP contribution in [-0.4, -0.2) is 63.3 Å². The second-order valence-electron chi connectivity index (χ2n) is 8.55. The number of pyridine rings is 1. The Morgan fingerprint density at radius 1 is 1.05 bits per heavy atom. The number of carbonyl (C=O) groups is 1. The zero-order valence-corrected chi connectivity index (χ0v) is 21.1. The van der Waals surface area contributed by atoms with Gasteiger partial charge >= 0.3 is 12.4 Å². The fourth-order valence-electron chi connectivity index (χ4n) is 3.70. The van der Waals surface area contributed by atoms with Crippen LogP contribution in [0.15, 0.2) is 35.6 Å². The minimum Gasteiger partial charge on any atom is -0.490 e. The zero-order chi connectivity index (χ0) is 29.2. The molecule has 1 aliphatic heterocycles. The first-order valence-electron chi connectivity index (χ1n) is 11.4. The second-order valence-corrected chi connectivity index (χ2v) is 8.96. The lowest BCUT2D eigenvalue weighted by Crippen LogP contribution is -2.51. The zero-order valence-electron chi connectivity index (χ0n) is 20.3. The largest absolute Gasteiger partial charge is 0.490 e. The van der Waals surface area contributed by atoms with E-state index < -0.39 is 46.7 Å². The SMILES string of the molecule is CC(COc1cc(N2CCN(c3ncc(C(F)(F)F)cn3)CC2=O)ncc1Cl)Nc1cn[nH]c(=O)c1C(F)(F)F. The van der Waals surface area contributed by atoms with E-state index in [1.807, 2.05) is 0 Å². The lowest BCUT2D eigenvalue weighted by atomic mass is 10.2. The number of nitrogens with zero attached hydrogens (tertiary/aromatic N) is 6. The smallest absolute Gasteiger partial charge is 0.423 e. The van der Waals surface area contributed by atoms with Crippen molar-refractivity contribution in [1.82, 2.24) is 25.1 Å². The van der Waals surface area contributed by atoms with Crippen molar-refractivity contribution in [3.8, 4) is 5.75 Å². The molecule has 4 rings (SSSR count). The average molecular weight is 593 g/mol. The van der Waals surface area contributed by atoms with Gasteiger partial charge in [-0.2, -0.15) is 31.4 Å². The summed E-state index contributed by atoms with van der Waals surface area (Å²) in [6.45, 7) is 1.34. The molecule has 11 nitrogen and oxygen atoms in total. The highest BCUT2D eigenvalue weighted by atomic mass is 35.5. The predicted octanol–water partition coefficient (Wildman–Crippen LogP) is 3.38. The number of hydrogen-bond donors (Lipinski definition) is 2. The molecule has 214 valence electrons. The minimum absolute atomic E-state index is 0.0418. The van der Waals surface area contributed by atoms with Crippen LogP contribution in [0.2, 0.25) is 5.02 Å². The molecule has 0 aliphatic carbocycles. The van der Waals surface area contributed by atoms with E-state index in [9.17, 15) is 35.9 Å². The van der Waals surface area contributed by atoms with Gasteiger partial charge in [-0.25, -0.2) is 20.1 Å². The van der Waals surface area contributed by atoms with Crippen molar-refractivity contribution < 1.29 is 35.9 Å². The van der Waals surface area contributed by atoms with Crippen LogP contribution in [0.25, 0.3) is 0 Å². The van der Waals surface area contributed by atoms with Crippen LogP contribution in [0, 0.1) is 0 Å². The van der Waals surface area contributed by atoms with E-state index in [2.05, 4.69) is 25.4 Å². The number of alkyl halides is 6. The highest BCUT2D eigenvalue weighted by Gasteiger charge is 2.38. The summed E-state index contributed by atoms with van der Waals surface area (Å²) < 4.78 is 83.7. The second kappa shape index (κ2) is 11.1. The highest BCUT2D eigenvalue weighted by molar-refractivity contribution is 6.32. The predicted molar refractivity (Wildman–Crippen MR) is 129 cm³/mol. The minimum atomic E-state index is -4.92. The summed E-state index contributed by atoms with van der Waals surface area (Å²) in [5.41, 5.74) is -4.38. The van der Waals surface area contributed by atoms with E-state index in [1.54, 1.807) is 5.10 Å². The van der Waals surface area contributed by atoms with Crippen molar-refractivity contribution in [2.75, 3.05) is 41.4 Å². The molecule has 3 aromatic heterocycles. The topological polar surface area (TPSA) is 129 Å². The van der Waals surface area contributed by atoms with Crippen LogP contribution in [0.4, 0.5) is 43.8 Å². The van der Waals surface area contributed by atoms with Crippen LogP contribution >= 0.6 is 11.6 Å². The monoisotopic (exact) mass is 592 g/mol. The molecule has 1 atom stereocenters. The molecule has 18 heteroatoms. The molecule has 0 spiro atoms. The molecule has 1 fully saturated rings. The number of rotatable bonds is 7. The fourth-order valence-corrected chi connectivity index (χ4v) is 3.85. The van der Waals surface area contributed by atoms with E-state index in [0.29, 0.717) is 12.4 Å². The van der Waals surface area contributed by atoms with Gasteiger partial charge in [-0.1, -0.05) is 11.6 Å². The number of carbonyl (C=O) groups excluding carboxylic acids is 1. The number of anilines is 3. The molecular weight excluding hydrogens is 574 g/mol. The Morgan fingerprint density at radius 3 is 2.38 bits per heavy atom. The molecule has 0 aromatic carbocycles. The van der Waals surface area contributed by atoms with Gasteiger partial charge in [0.2, 0.25) is 11.9 Å². The summed E-state index contributed by atoms with van der Waals surface area (Å²) in [7, 11) is 0. The van der Waals surface area contributed by atoms with Crippen molar-refractivity contribution in [3.05, 3.63) is 57.4 Å². The van der Waals surface area contributed by atoms with Gasteiger partial charge in [0.1, 0.15) is 35.3 Å². The molecule has 1 aliphatic rings. The first-order chi connectivity index (χ1) is 18.7. The van der Waals surface area contributed by atoms with Gasteiger partial charge in [0, 0.05) is 31.5 Å². The number of H-pyrrole nitrogens is 1. The number of halogens is 7. The number of aromatic amines is 1. The maximum Gasteiger partial charge on any atom is 0.423 e. The molecule has 0 bridgehead atoms. The van der Waals surface area contributed by atoms with Crippen molar-refractivity contribution in [1.29, 1.82) is 0 Å². The Morgan fingerprint density at radius 2 is 1.75 bits per heavy atom. The van der Waals surface area contributed by atoms with E-state index in [0.717, 1.165) is 6.20 Å². The molecule has 2 N–H and O–H groups in total. The number of ether oxygens (including phenoxy) is 1. The molecule has 1 amide bonds. The Kier molecular flexibility index (Phi) is 8.04. The summed E-state index contributed by atoms with van der Waals surface area (Å²) in [4.78, 5) is 38.7. The molecule has 0 saturated carbocycles. The number of aromatic nitrogens is 5. The molecule has 4 heterocycles. The first-order valence-corrected chi connectivity index (χ1v) is 11.8. The van der Waals surface area contributed by atoms with Crippen molar-refractivity contribution in [3.63, 3.8) is 0 Å². The molecule has 0 radical (unpaired) electrons.